The number of hydroxylamine groups is 1. The minimum Gasteiger partial charge on any atom is -0.152 e. The summed E-state index contributed by atoms with van der Waals surface area (Å²) in [6.07, 6.45) is 0.419. The van der Waals surface area contributed by atoms with E-state index in [1.165, 1.54) is 0 Å². The third-order valence-corrected chi connectivity index (χ3v) is 5.09. The van der Waals surface area contributed by atoms with Gasteiger partial charge in [0, 0.05) is 5.56 Å². The van der Waals surface area contributed by atoms with Gasteiger partial charge in [-0.2, -0.15) is 11.3 Å². The minimum absolute atomic E-state index is 0.154. The van der Waals surface area contributed by atoms with Crippen LogP contribution in [0.2, 0.25) is 0 Å². The molecule has 3 nitrogen and oxygen atoms in total. The van der Waals surface area contributed by atoms with Crippen LogP contribution in [0, 0.1) is 0 Å². The Labute approximate surface area is 140 Å². The molecule has 2 aromatic carbocycles. The van der Waals surface area contributed by atoms with E-state index in [1.54, 1.807) is 11.3 Å². The molecule has 1 aromatic heterocycles. The van der Waals surface area contributed by atoms with Gasteiger partial charge in [0.2, 0.25) is 6.16 Å². The van der Waals surface area contributed by atoms with E-state index >= 15 is 0 Å². The summed E-state index contributed by atoms with van der Waals surface area (Å²) in [5.74, 6) is 0. The molecule has 0 aliphatic rings. The topological polar surface area (TPSA) is 38.3 Å². The van der Waals surface area contributed by atoms with Gasteiger partial charge < -0.3 is 0 Å². The Morgan fingerprint density at radius 3 is 2.09 bits per heavy atom. The lowest BCUT2D eigenvalue weighted by Crippen LogP contribution is -2.20. The summed E-state index contributed by atoms with van der Waals surface area (Å²) < 4.78 is 17.6. The molecule has 0 saturated heterocycles. The number of thiophene rings is 1. The van der Waals surface area contributed by atoms with E-state index in [0.29, 0.717) is 6.16 Å². The summed E-state index contributed by atoms with van der Waals surface area (Å²) in [5.41, 5.74) is 6.15. The Balaban J connectivity index is 1.71. The first-order valence-corrected chi connectivity index (χ1v) is 9.61. The highest BCUT2D eigenvalue weighted by Gasteiger charge is 2.23. The minimum atomic E-state index is -1.80. The van der Waals surface area contributed by atoms with Gasteiger partial charge in [0.1, 0.15) is 0 Å². The van der Waals surface area contributed by atoms with E-state index < -0.39 is 8.03 Å². The average Bonchev–Trinajstić information content (AvgIpc) is 3.10. The Kier molecular flexibility index (Phi) is 5.67. The van der Waals surface area contributed by atoms with Crippen LogP contribution < -0.4 is 5.48 Å². The van der Waals surface area contributed by atoms with Gasteiger partial charge in [-0.3, -0.25) is 0 Å². The van der Waals surface area contributed by atoms with Gasteiger partial charge in [0.05, 0.1) is 6.04 Å². The van der Waals surface area contributed by atoms with Gasteiger partial charge in [-0.15, -0.1) is 5.48 Å². The third kappa shape index (κ3) is 4.57. The van der Waals surface area contributed by atoms with Gasteiger partial charge in [0.15, 0.2) is 0 Å². The highest BCUT2D eigenvalue weighted by molar-refractivity contribution is 7.38. The quantitative estimate of drug-likeness (QED) is 0.468. The Morgan fingerprint density at radius 1 is 0.957 bits per heavy atom. The zero-order valence-corrected chi connectivity index (χ0v) is 14.2. The monoisotopic (exact) mass is 342 g/mol. The van der Waals surface area contributed by atoms with Crippen LogP contribution in [-0.4, -0.2) is 0 Å². The lowest BCUT2D eigenvalue weighted by atomic mass is 10.00. The molecule has 116 valence electrons. The van der Waals surface area contributed by atoms with Gasteiger partial charge in [0.25, 0.3) is 0 Å². The number of hydrogen-bond acceptors (Lipinski definition) is 4. The van der Waals surface area contributed by atoms with E-state index in [4.69, 9.17) is 4.62 Å². The third-order valence-electron chi connectivity index (χ3n) is 3.43. The van der Waals surface area contributed by atoms with Crippen molar-refractivity contribution in [1.82, 2.24) is 5.48 Å². The number of hydrogen-bond donors (Lipinski definition) is 1. The fourth-order valence-electron chi connectivity index (χ4n) is 2.29. The number of benzene rings is 2. The van der Waals surface area contributed by atoms with Crippen molar-refractivity contribution in [2.24, 2.45) is 0 Å². The van der Waals surface area contributed by atoms with Crippen molar-refractivity contribution in [3.8, 4) is 0 Å². The molecule has 0 aliphatic heterocycles. The molecule has 1 N–H and O–H groups in total. The van der Waals surface area contributed by atoms with Crippen molar-refractivity contribution in [2.75, 3.05) is 0 Å². The van der Waals surface area contributed by atoms with Gasteiger partial charge in [-0.25, -0.2) is 0 Å². The summed E-state index contributed by atoms with van der Waals surface area (Å²) in [6.45, 7) is 0. The van der Waals surface area contributed by atoms with Crippen LogP contribution in [0.3, 0.4) is 0 Å². The first-order valence-electron chi connectivity index (χ1n) is 7.31. The zero-order chi connectivity index (χ0) is 15.9. The van der Waals surface area contributed by atoms with E-state index in [9.17, 15) is 4.57 Å². The number of rotatable bonds is 7. The molecule has 1 atom stereocenters. The van der Waals surface area contributed by atoms with Crippen LogP contribution in [0.25, 0.3) is 0 Å². The Morgan fingerprint density at radius 2 is 1.57 bits per heavy atom. The van der Waals surface area contributed by atoms with Crippen LogP contribution in [0.5, 0.6) is 0 Å². The molecule has 1 heterocycles. The first-order chi connectivity index (χ1) is 11.3. The maximum absolute atomic E-state index is 12.1. The maximum Gasteiger partial charge on any atom is 0.531 e. The van der Waals surface area contributed by atoms with Gasteiger partial charge in [-0.1, -0.05) is 60.7 Å². The van der Waals surface area contributed by atoms with Crippen molar-refractivity contribution in [3.05, 3.63) is 94.2 Å². The molecule has 0 spiro atoms. The van der Waals surface area contributed by atoms with E-state index in [2.05, 4.69) is 5.48 Å². The summed E-state index contributed by atoms with van der Waals surface area (Å²) in [5, 5.41) is 3.96. The lowest BCUT2D eigenvalue weighted by Gasteiger charge is -2.15. The normalized spacial score (nSPS) is 11.6. The number of nitrogens with one attached hydrogen (secondary N) is 1. The SMILES string of the molecule is O=[P+](Cc1ccsc1)ONC(c1ccccc1)c1ccccc1. The summed E-state index contributed by atoms with van der Waals surface area (Å²) >= 11 is 1.60. The second-order valence-corrected chi connectivity index (χ2v) is 7.03. The summed E-state index contributed by atoms with van der Waals surface area (Å²) in [7, 11) is -1.80. The molecule has 0 aliphatic carbocycles. The van der Waals surface area contributed by atoms with E-state index in [-0.39, 0.29) is 6.04 Å². The average molecular weight is 342 g/mol. The summed E-state index contributed by atoms with van der Waals surface area (Å²) in [6, 6.07) is 21.8. The van der Waals surface area contributed by atoms with Crippen molar-refractivity contribution >= 4 is 19.4 Å². The molecular formula is C18H17NO2PS+. The van der Waals surface area contributed by atoms with E-state index in [0.717, 1.165) is 16.7 Å². The molecular weight excluding hydrogens is 325 g/mol. The molecule has 0 amide bonds. The van der Waals surface area contributed by atoms with Gasteiger partial charge >= 0.3 is 8.03 Å². The second kappa shape index (κ2) is 8.14. The second-order valence-electron chi connectivity index (χ2n) is 5.09. The molecule has 23 heavy (non-hydrogen) atoms. The van der Waals surface area contributed by atoms with Gasteiger partial charge in [-0.05, 0) is 37.1 Å². The van der Waals surface area contributed by atoms with Crippen LogP contribution in [-0.2, 0) is 15.4 Å². The highest BCUT2D eigenvalue weighted by Crippen LogP contribution is 2.30. The molecule has 0 bridgehead atoms. The Hall–Kier alpha value is -1.84. The van der Waals surface area contributed by atoms with Crippen LogP contribution in [0.15, 0.2) is 77.5 Å². The maximum atomic E-state index is 12.1. The largest absolute Gasteiger partial charge is 0.531 e. The fraction of sp³-hybridized carbons (Fsp3) is 0.111. The molecule has 3 rings (SSSR count). The highest BCUT2D eigenvalue weighted by atomic mass is 32.1. The molecule has 0 saturated carbocycles. The predicted molar refractivity (Wildman–Crippen MR) is 94.6 cm³/mol. The lowest BCUT2D eigenvalue weighted by molar-refractivity contribution is 0.183. The predicted octanol–water partition coefficient (Wildman–Crippen LogP) is 5.30. The van der Waals surface area contributed by atoms with E-state index in [1.807, 2.05) is 77.5 Å². The van der Waals surface area contributed by atoms with Crippen molar-refractivity contribution in [1.29, 1.82) is 0 Å². The first kappa shape index (κ1) is 16.0. The van der Waals surface area contributed by atoms with Crippen molar-refractivity contribution in [3.63, 3.8) is 0 Å². The van der Waals surface area contributed by atoms with Crippen molar-refractivity contribution in [2.45, 2.75) is 12.2 Å². The van der Waals surface area contributed by atoms with Crippen LogP contribution in [0.1, 0.15) is 22.7 Å². The molecule has 1 unspecified atom stereocenters. The molecule has 0 fully saturated rings. The Bertz CT molecular complexity index is 693. The zero-order valence-electron chi connectivity index (χ0n) is 12.5. The van der Waals surface area contributed by atoms with Crippen LogP contribution >= 0.6 is 19.4 Å². The summed E-state index contributed by atoms with van der Waals surface area (Å²) in [4.78, 5) is 0. The molecule has 3 aromatic rings. The molecule has 0 radical (unpaired) electrons. The standard InChI is InChI=1S/C18H17NO2PS/c20-22(13-15-11-12-23-14-15)21-19-18(16-7-3-1-4-8-16)17-9-5-2-6-10-17/h1-12,14,18-19H,13H2/q+1. The fourth-order valence-corrected chi connectivity index (χ4v) is 3.87. The van der Waals surface area contributed by atoms with Crippen LogP contribution in [0.4, 0.5) is 0 Å². The molecule has 5 heteroatoms. The smallest absolute Gasteiger partial charge is 0.152 e. The van der Waals surface area contributed by atoms with Crippen molar-refractivity contribution < 1.29 is 9.19 Å².